The molecule has 1 unspecified atom stereocenters. The van der Waals surface area contributed by atoms with Crippen molar-refractivity contribution >= 4 is 51.0 Å². The maximum Gasteiger partial charge on any atom is 0.208 e. The molecule has 0 aromatic heterocycles. The van der Waals surface area contributed by atoms with Crippen LogP contribution >= 0.6 is 39.2 Å². The van der Waals surface area contributed by atoms with Gasteiger partial charge in [-0.25, -0.2) is 0 Å². The van der Waals surface area contributed by atoms with Gasteiger partial charge in [-0.05, 0) is 30.0 Å². The van der Waals surface area contributed by atoms with Gasteiger partial charge in [-0.15, -0.1) is 11.8 Å². The molecular weight excluding hydrogens is 263 g/mol. The van der Waals surface area contributed by atoms with Crippen molar-refractivity contribution in [2.24, 2.45) is 0 Å². The minimum Gasteiger partial charge on any atom is -0.331 e. The van der Waals surface area contributed by atoms with Gasteiger partial charge in [-0.1, -0.05) is 32.2 Å². The second-order valence-corrected chi connectivity index (χ2v) is 14.4. The van der Waals surface area contributed by atoms with Crippen LogP contribution in [-0.2, 0) is 16.3 Å². The van der Waals surface area contributed by atoms with Crippen molar-refractivity contribution in [3.8, 4) is 0 Å². The maximum absolute atomic E-state index is 6.02. The van der Waals surface area contributed by atoms with Gasteiger partial charge in [0, 0.05) is 9.83 Å². The van der Waals surface area contributed by atoms with Crippen molar-refractivity contribution in [3.63, 3.8) is 0 Å². The van der Waals surface area contributed by atoms with Crippen LogP contribution in [-0.4, -0.2) is 16.4 Å². The fraction of sp³-hybridized carbons (Fsp3) is 1.00. The topological polar surface area (TPSA) is 9.23 Å². The van der Waals surface area contributed by atoms with Gasteiger partial charge in [-0.3, -0.25) is 0 Å². The summed E-state index contributed by atoms with van der Waals surface area (Å²) in [7, 11) is 0. The van der Waals surface area contributed by atoms with E-state index >= 15 is 0 Å². The minimum atomic E-state index is -2.08. The molecule has 0 aromatic carbocycles. The van der Waals surface area contributed by atoms with Crippen molar-refractivity contribution in [3.05, 3.63) is 0 Å². The van der Waals surface area contributed by atoms with Crippen LogP contribution in [0, 0.1) is 0 Å². The molecule has 0 spiro atoms. The molecule has 0 amide bonds. The summed E-state index contributed by atoms with van der Waals surface area (Å²) in [6.45, 7) is 9.05. The molecule has 0 bridgehead atoms. The molecule has 0 radical (unpaired) electrons. The first-order valence-electron chi connectivity index (χ1n) is 3.99. The molecule has 0 aromatic rings. The van der Waals surface area contributed by atoms with Gasteiger partial charge >= 0.3 is 0 Å². The second-order valence-electron chi connectivity index (χ2n) is 3.35. The fourth-order valence-corrected chi connectivity index (χ4v) is 7.96. The van der Waals surface area contributed by atoms with Crippen molar-refractivity contribution in [2.45, 2.75) is 32.4 Å². The van der Waals surface area contributed by atoms with E-state index in [1.54, 1.807) is 11.4 Å². The summed E-state index contributed by atoms with van der Waals surface area (Å²) in [5.74, 6) is 0. The lowest BCUT2D eigenvalue weighted by Gasteiger charge is -2.19. The Kier molecular flexibility index (Phi) is 7.01. The highest BCUT2D eigenvalue weighted by molar-refractivity contribution is 8.77. The minimum absolute atomic E-state index is 0.269. The average molecular weight is 279 g/mol. The number of rotatable bonds is 5. The predicted molar refractivity (Wildman–Crippen MR) is 71.6 cm³/mol. The fourth-order valence-electron chi connectivity index (χ4n) is 0.458. The monoisotopic (exact) mass is 278 g/mol. The molecule has 0 N–H and O–H groups in total. The van der Waals surface area contributed by atoms with Gasteiger partial charge in [-0.2, -0.15) is 0 Å². The molecule has 0 aliphatic carbocycles. The zero-order valence-electron chi connectivity index (χ0n) is 8.37. The molecule has 0 aliphatic rings. The standard InChI is InChI=1S/C7H16ClOPS3/c1-5-9-10(8,11)13-6-12-7(2,3)4/h5-6H2,1-4H3. The second kappa shape index (κ2) is 6.24. The highest BCUT2D eigenvalue weighted by Gasteiger charge is 2.17. The Morgan fingerprint density at radius 1 is 1.46 bits per heavy atom. The zero-order chi connectivity index (χ0) is 10.5. The predicted octanol–water partition coefficient (Wildman–Crippen LogP) is 4.71. The number of hydrogen-bond acceptors (Lipinski definition) is 4. The Balaban J connectivity index is 3.70. The van der Waals surface area contributed by atoms with E-state index in [1.807, 2.05) is 18.7 Å². The molecule has 0 fully saturated rings. The van der Waals surface area contributed by atoms with E-state index < -0.39 is 4.82 Å². The average Bonchev–Trinajstić information content (AvgIpc) is 1.82. The van der Waals surface area contributed by atoms with Crippen molar-refractivity contribution in [2.75, 3.05) is 11.7 Å². The molecule has 1 atom stereocenters. The first-order valence-corrected chi connectivity index (χ1v) is 10.2. The van der Waals surface area contributed by atoms with E-state index in [9.17, 15) is 0 Å². The van der Waals surface area contributed by atoms with Gasteiger partial charge in [0.15, 0.2) is 0 Å². The lowest BCUT2D eigenvalue weighted by molar-refractivity contribution is 0.392. The van der Waals surface area contributed by atoms with Crippen molar-refractivity contribution in [1.29, 1.82) is 0 Å². The summed E-state index contributed by atoms with van der Waals surface area (Å²) in [5.41, 5.74) is 0. The van der Waals surface area contributed by atoms with Crippen LogP contribution in [0.5, 0.6) is 0 Å². The highest BCUT2D eigenvalue weighted by Crippen LogP contribution is 2.65. The van der Waals surface area contributed by atoms with Crippen LogP contribution in [0.15, 0.2) is 0 Å². The van der Waals surface area contributed by atoms with Crippen LogP contribution in [0.4, 0.5) is 0 Å². The molecule has 80 valence electrons. The number of halogens is 1. The Labute approximate surface area is 99.3 Å². The maximum atomic E-state index is 6.02. The molecule has 0 aliphatic heterocycles. The summed E-state index contributed by atoms with van der Waals surface area (Å²) >= 11 is 14.6. The third-order valence-corrected chi connectivity index (χ3v) is 8.24. The largest absolute Gasteiger partial charge is 0.331 e. The molecule has 0 heterocycles. The van der Waals surface area contributed by atoms with Gasteiger partial charge < -0.3 is 4.52 Å². The van der Waals surface area contributed by atoms with E-state index in [0.29, 0.717) is 6.61 Å². The molecule has 0 rings (SSSR count). The van der Waals surface area contributed by atoms with Crippen LogP contribution in [0.1, 0.15) is 27.7 Å². The Morgan fingerprint density at radius 3 is 2.38 bits per heavy atom. The van der Waals surface area contributed by atoms with Crippen LogP contribution in [0.25, 0.3) is 0 Å². The SMILES string of the molecule is CCOP(=S)(Cl)SCSC(C)(C)C. The number of thioether (sulfide) groups is 1. The Hall–Kier alpha value is 1.60. The van der Waals surface area contributed by atoms with E-state index in [-0.39, 0.29) is 4.75 Å². The molecule has 0 saturated heterocycles. The summed E-state index contributed by atoms with van der Waals surface area (Å²) in [6.07, 6.45) is 0. The van der Waals surface area contributed by atoms with E-state index in [0.717, 1.165) is 5.08 Å². The van der Waals surface area contributed by atoms with Crippen molar-refractivity contribution < 1.29 is 4.52 Å². The van der Waals surface area contributed by atoms with Gasteiger partial charge in [0.1, 0.15) is 0 Å². The summed E-state index contributed by atoms with van der Waals surface area (Å²) < 4.78 is 5.55. The molecule has 13 heavy (non-hydrogen) atoms. The summed E-state index contributed by atoms with van der Waals surface area (Å²) in [6, 6.07) is 0. The lowest BCUT2D eigenvalue weighted by atomic mass is 10.3. The first kappa shape index (κ1) is 14.6. The van der Waals surface area contributed by atoms with Crippen LogP contribution < -0.4 is 0 Å². The first-order chi connectivity index (χ1) is 5.77. The third-order valence-electron chi connectivity index (χ3n) is 0.982. The quantitative estimate of drug-likeness (QED) is 0.532. The normalized spacial score (nSPS) is 17.0. The van der Waals surface area contributed by atoms with Gasteiger partial charge in [0.25, 0.3) is 0 Å². The van der Waals surface area contributed by atoms with Crippen LogP contribution in [0.2, 0.25) is 0 Å². The molecule has 1 nitrogen and oxygen atoms in total. The molecular formula is C7H16ClOPS3. The molecule has 0 saturated carbocycles. The number of hydrogen-bond donors (Lipinski definition) is 0. The zero-order valence-corrected chi connectivity index (χ0v) is 12.5. The van der Waals surface area contributed by atoms with E-state index in [4.69, 9.17) is 27.6 Å². The van der Waals surface area contributed by atoms with E-state index in [1.165, 1.54) is 0 Å². The van der Waals surface area contributed by atoms with E-state index in [2.05, 4.69) is 20.8 Å². The highest BCUT2D eigenvalue weighted by atomic mass is 35.7. The summed E-state index contributed by atoms with van der Waals surface area (Å²) in [5, 5.41) is 0.907. The molecule has 6 heteroatoms. The lowest BCUT2D eigenvalue weighted by Crippen LogP contribution is -2.06. The van der Waals surface area contributed by atoms with Crippen LogP contribution in [0.3, 0.4) is 0 Å². The van der Waals surface area contributed by atoms with Gasteiger partial charge in [0.05, 0.1) is 6.61 Å². The Bertz CT molecular complexity index is 193. The van der Waals surface area contributed by atoms with Crippen molar-refractivity contribution in [1.82, 2.24) is 0 Å². The third kappa shape index (κ3) is 9.89. The smallest absolute Gasteiger partial charge is 0.208 e. The van der Waals surface area contributed by atoms with Gasteiger partial charge in [0.2, 0.25) is 4.82 Å². The Morgan fingerprint density at radius 2 is 2.00 bits per heavy atom. The summed E-state index contributed by atoms with van der Waals surface area (Å²) in [4.78, 5) is -2.08.